The second-order valence-corrected chi connectivity index (χ2v) is 4.84. The molecule has 0 radical (unpaired) electrons. The highest BCUT2D eigenvalue weighted by Crippen LogP contribution is 2.27. The van der Waals surface area contributed by atoms with Gasteiger partial charge in [0, 0.05) is 11.6 Å². The van der Waals surface area contributed by atoms with Crippen molar-refractivity contribution < 1.29 is 18.7 Å². The minimum absolute atomic E-state index is 0.0832. The molecule has 0 amide bonds. The van der Waals surface area contributed by atoms with Gasteiger partial charge in [0.2, 0.25) is 0 Å². The molecule has 0 saturated carbocycles. The van der Waals surface area contributed by atoms with Gasteiger partial charge in [0.25, 0.3) is 0 Å². The Labute approximate surface area is 125 Å². The fourth-order valence-corrected chi connectivity index (χ4v) is 2.00. The maximum atomic E-state index is 13.4. The highest BCUT2D eigenvalue weighted by Gasteiger charge is 2.23. The lowest BCUT2D eigenvalue weighted by Crippen LogP contribution is -2.30. The van der Waals surface area contributed by atoms with Crippen LogP contribution in [0.3, 0.4) is 0 Å². The van der Waals surface area contributed by atoms with Gasteiger partial charge < -0.3 is 14.8 Å². The molecule has 0 aliphatic heterocycles. The minimum Gasteiger partial charge on any atom is -0.478 e. The van der Waals surface area contributed by atoms with E-state index in [1.54, 1.807) is 20.0 Å². The van der Waals surface area contributed by atoms with Gasteiger partial charge in [0.15, 0.2) is 6.10 Å². The lowest BCUT2D eigenvalue weighted by Gasteiger charge is -2.21. The molecule has 1 aromatic carbocycles. The van der Waals surface area contributed by atoms with Crippen LogP contribution in [0.4, 0.5) is 4.39 Å². The number of benzene rings is 1. The predicted molar refractivity (Wildman–Crippen MR) is 79.8 cm³/mol. The van der Waals surface area contributed by atoms with Crippen LogP contribution >= 0.6 is 0 Å². The lowest BCUT2D eigenvalue weighted by molar-refractivity contribution is -0.151. The quantitative estimate of drug-likeness (QED) is 0.748. The number of nitrogens with one attached hydrogen (secondary N) is 1. The molecule has 0 fully saturated rings. The molecule has 0 bridgehead atoms. The average Bonchev–Trinajstić information content (AvgIpc) is 2.47. The van der Waals surface area contributed by atoms with Crippen LogP contribution in [0.1, 0.15) is 45.2 Å². The van der Waals surface area contributed by atoms with Gasteiger partial charge in [-0.05, 0) is 45.5 Å². The zero-order valence-corrected chi connectivity index (χ0v) is 13.1. The van der Waals surface area contributed by atoms with Crippen molar-refractivity contribution in [1.29, 1.82) is 0 Å². The normalized spacial score (nSPS) is 13.6. The Morgan fingerprint density at radius 2 is 2.10 bits per heavy atom. The van der Waals surface area contributed by atoms with Crippen LogP contribution in [0, 0.1) is 5.82 Å². The molecule has 0 spiro atoms. The van der Waals surface area contributed by atoms with E-state index in [1.807, 2.05) is 13.8 Å². The number of carbonyl (C=O) groups is 1. The maximum absolute atomic E-state index is 13.4. The maximum Gasteiger partial charge on any atom is 0.347 e. The first-order chi connectivity index (χ1) is 10.0. The number of ether oxygens (including phenoxy) is 2. The van der Waals surface area contributed by atoms with Crippen molar-refractivity contribution in [3.8, 4) is 5.75 Å². The van der Waals surface area contributed by atoms with Gasteiger partial charge in [-0.15, -0.1) is 0 Å². The monoisotopic (exact) mass is 297 g/mol. The molecule has 4 nitrogen and oxygen atoms in total. The van der Waals surface area contributed by atoms with Gasteiger partial charge in [-0.3, -0.25) is 0 Å². The van der Waals surface area contributed by atoms with Crippen molar-refractivity contribution in [2.24, 2.45) is 0 Å². The molecule has 118 valence electrons. The van der Waals surface area contributed by atoms with Crippen LogP contribution in [-0.4, -0.2) is 25.7 Å². The van der Waals surface area contributed by atoms with Crippen molar-refractivity contribution >= 4 is 5.97 Å². The van der Waals surface area contributed by atoms with E-state index in [1.165, 1.54) is 12.1 Å². The number of esters is 1. The molecule has 0 heterocycles. The third-order valence-electron chi connectivity index (χ3n) is 3.24. The zero-order valence-electron chi connectivity index (χ0n) is 13.1. The van der Waals surface area contributed by atoms with Gasteiger partial charge in [-0.25, -0.2) is 9.18 Å². The summed E-state index contributed by atoms with van der Waals surface area (Å²) in [5.74, 6) is -0.209. The Balaban J connectivity index is 2.99. The molecule has 2 atom stereocenters. The van der Waals surface area contributed by atoms with E-state index in [0.717, 1.165) is 6.42 Å². The largest absolute Gasteiger partial charge is 0.478 e. The molecule has 0 aromatic heterocycles. The summed E-state index contributed by atoms with van der Waals surface area (Å²) in [5.41, 5.74) is 0.683. The molecule has 1 aromatic rings. The van der Waals surface area contributed by atoms with Crippen LogP contribution in [0.2, 0.25) is 0 Å². The zero-order chi connectivity index (χ0) is 15.8. The Bertz CT molecular complexity index is 465. The van der Waals surface area contributed by atoms with Gasteiger partial charge in [-0.2, -0.15) is 0 Å². The highest BCUT2D eigenvalue weighted by molar-refractivity contribution is 5.75. The summed E-state index contributed by atoms with van der Waals surface area (Å²) >= 11 is 0. The van der Waals surface area contributed by atoms with Crippen LogP contribution in [0.15, 0.2) is 18.2 Å². The first-order valence-corrected chi connectivity index (χ1v) is 7.33. The van der Waals surface area contributed by atoms with E-state index in [2.05, 4.69) is 5.32 Å². The number of hydrogen-bond acceptors (Lipinski definition) is 4. The fourth-order valence-electron chi connectivity index (χ4n) is 2.00. The smallest absolute Gasteiger partial charge is 0.347 e. The molecule has 0 aliphatic carbocycles. The van der Waals surface area contributed by atoms with Crippen molar-refractivity contribution in [3.05, 3.63) is 29.6 Å². The second-order valence-electron chi connectivity index (χ2n) is 4.84. The second kappa shape index (κ2) is 8.62. The van der Waals surface area contributed by atoms with Crippen molar-refractivity contribution in [3.63, 3.8) is 0 Å². The Kier molecular flexibility index (Phi) is 7.15. The molecule has 0 aliphatic rings. The van der Waals surface area contributed by atoms with E-state index < -0.39 is 6.10 Å². The molecular weight excluding hydrogens is 273 g/mol. The van der Waals surface area contributed by atoms with E-state index in [9.17, 15) is 9.18 Å². The standard InChI is InChI=1S/C16H24FNO3/c1-5-7-15(16(19)20-6-2)21-14-9-8-12(17)10-13(14)11(3)18-4/h8-11,15,18H,5-7H2,1-4H3. The first-order valence-electron chi connectivity index (χ1n) is 7.33. The van der Waals surface area contributed by atoms with Gasteiger partial charge >= 0.3 is 5.97 Å². The molecule has 1 rings (SSSR count). The van der Waals surface area contributed by atoms with Crippen molar-refractivity contribution in [2.75, 3.05) is 13.7 Å². The van der Waals surface area contributed by atoms with E-state index in [4.69, 9.17) is 9.47 Å². The minimum atomic E-state index is -0.664. The molecule has 1 N–H and O–H groups in total. The number of hydrogen-bond donors (Lipinski definition) is 1. The average molecular weight is 297 g/mol. The summed E-state index contributed by atoms with van der Waals surface area (Å²) in [6, 6.07) is 4.22. The molecule has 0 saturated heterocycles. The van der Waals surface area contributed by atoms with Gasteiger partial charge in [0.1, 0.15) is 11.6 Å². The summed E-state index contributed by atoms with van der Waals surface area (Å²) in [4.78, 5) is 11.9. The fraction of sp³-hybridized carbons (Fsp3) is 0.562. The van der Waals surface area contributed by atoms with Crippen LogP contribution < -0.4 is 10.1 Å². The van der Waals surface area contributed by atoms with E-state index in [0.29, 0.717) is 24.3 Å². The lowest BCUT2D eigenvalue weighted by atomic mass is 10.1. The molecule has 5 heteroatoms. The van der Waals surface area contributed by atoms with Crippen LogP contribution in [-0.2, 0) is 9.53 Å². The topological polar surface area (TPSA) is 47.6 Å². The SMILES string of the molecule is CCCC(Oc1ccc(F)cc1C(C)NC)C(=O)OCC. The van der Waals surface area contributed by atoms with Gasteiger partial charge in [-0.1, -0.05) is 13.3 Å². The molecule has 21 heavy (non-hydrogen) atoms. The Morgan fingerprint density at radius 1 is 1.38 bits per heavy atom. The van der Waals surface area contributed by atoms with Crippen LogP contribution in [0.25, 0.3) is 0 Å². The summed E-state index contributed by atoms with van der Waals surface area (Å²) in [5, 5.41) is 3.05. The van der Waals surface area contributed by atoms with Crippen LogP contribution in [0.5, 0.6) is 5.75 Å². The number of halogens is 1. The summed E-state index contributed by atoms with van der Waals surface area (Å²) < 4.78 is 24.3. The Hall–Kier alpha value is -1.62. The summed E-state index contributed by atoms with van der Waals surface area (Å²) in [6.07, 6.45) is 0.689. The highest BCUT2D eigenvalue weighted by atomic mass is 19.1. The molecule has 2 unspecified atom stereocenters. The predicted octanol–water partition coefficient (Wildman–Crippen LogP) is 3.22. The third kappa shape index (κ3) is 5.01. The Morgan fingerprint density at radius 3 is 2.67 bits per heavy atom. The number of rotatable bonds is 8. The van der Waals surface area contributed by atoms with E-state index in [-0.39, 0.29) is 17.8 Å². The summed E-state index contributed by atoms with van der Waals surface area (Å²) in [6.45, 7) is 5.94. The summed E-state index contributed by atoms with van der Waals surface area (Å²) in [7, 11) is 1.79. The van der Waals surface area contributed by atoms with Crippen molar-refractivity contribution in [1.82, 2.24) is 5.32 Å². The molecular formula is C16H24FNO3. The third-order valence-corrected chi connectivity index (χ3v) is 3.24. The van der Waals surface area contributed by atoms with Gasteiger partial charge in [0.05, 0.1) is 6.61 Å². The van der Waals surface area contributed by atoms with Crippen molar-refractivity contribution in [2.45, 2.75) is 45.8 Å². The van der Waals surface area contributed by atoms with E-state index >= 15 is 0 Å². The first kappa shape index (κ1) is 17.4. The number of carbonyl (C=O) groups excluding carboxylic acids is 1.